The zero-order chi connectivity index (χ0) is 23.2. The molecule has 0 bridgehead atoms. The third-order valence-corrected chi connectivity index (χ3v) is 6.01. The van der Waals surface area contributed by atoms with Gasteiger partial charge in [-0.3, -0.25) is 9.69 Å². The van der Waals surface area contributed by atoms with Crippen molar-refractivity contribution in [2.75, 3.05) is 27.2 Å². The molecule has 33 heavy (non-hydrogen) atoms. The van der Waals surface area contributed by atoms with E-state index in [1.807, 2.05) is 41.1 Å². The molecule has 1 amide bonds. The number of benzene rings is 2. The van der Waals surface area contributed by atoms with Crippen LogP contribution in [0.2, 0.25) is 0 Å². The standard InChI is InChI=1S/C26H30FN3O3/c1-29(17-19-10-12-21(27)13-11-19)18-25(31)30-14-6-5-8-23(30)26-28-16-22(33-26)15-20-7-3-4-9-24(20)32-2/h3-4,7,9-13,16,23H,5-6,8,14-15,17-18H2,1-2H3. The fourth-order valence-corrected chi connectivity index (χ4v) is 4.36. The van der Waals surface area contributed by atoms with Gasteiger partial charge in [0.1, 0.15) is 23.4 Å². The first-order chi connectivity index (χ1) is 16.0. The summed E-state index contributed by atoms with van der Waals surface area (Å²) in [6, 6.07) is 14.1. The molecule has 1 unspecified atom stereocenters. The molecule has 6 nitrogen and oxygen atoms in total. The summed E-state index contributed by atoms with van der Waals surface area (Å²) in [7, 11) is 3.56. The van der Waals surface area contributed by atoms with Crippen molar-refractivity contribution in [3.05, 3.63) is 83.3 Å². The second-order valence-electron chi connectivity index (χ2n) is 8.55. The number of ether oxygens (including phenoxy) is 1. The van der Waals surface area contributed by atoms with E-state index >= 15 is 0 Å². The van der Waals surface area contributed by atoms with Crippen molar-refractivity contribution in [2.45, 2.75) is 38.3 Å². The zero-order valence-corrected chi connectivity index (χ0v) is 19.2. The molecule has 1 fully saturated rings. The third kappa shape index (κ3) is 5.79. The van der Waals surface area contributed by atoms with Gasteiger partial charge in [-0.1, -0.05) is 30.3 Å². The van der Waals surface area contributed by atoms with Crippen molar-refractivity contribution in [1.82, 2.24) is 14.8 Å². The SMILES string of the molecule is COc1ccccc1Cc1cnc(C2CCCCN2C(=O)CN(C)Cc2ccc(F)cc2)o1. The van der Waals surface area contributed by atoms with Gasteiger partial charge in [0, 0.05) is 25.1 Å². The third-order valence-electron chi connectivity index (χ3n) is 6.01. The highest BCUT2D eigenvalue weighted by atomic mass is 19.1. The van der Waals surface area contributed by atoms with Gasteiger partial charge < -0.3 is 14.1 Å². The molecule has 4 rings (SSSR count). The Morgan fingerprint density at radius 3 is 2.79 bits per heavy atom. The summed E-state index contributed by atoms with van der Waals surface area (Å²) >= 11 is 0. The van der Waals surface area contributed by atoms with E-state index in [2.05, 4.69) is 4.98 Å². The van der Waals surface area contributed by atoms with E-state index in [1.54, 1.807) is 25.4 Å². The predicted octanol–water partition coefficient (Wildman–Crippen LogP) is 4.60. The van der Waals surface area contributed by atoms with Gasteiger partial charge in [0.05, 0.1) is 19.9 Å². The summed E-state index contributed by atoms with van der Waals surface area (Å²) in [4.78, 5) is 21.5. The molecule has 1 aliphatic rings. The molecule has 1 aliphatic heterocycles. The highest BCUT2D eigenvalue weighted by Gasteiger charge is 2.31. The maximum Gasteiger partial charge on any atom is 0.237 e. The van der Waals surface area contributed by atoms with Crippen LogP contribution in [-0.2, 0) is 17.8 Å². The number of likely N-dealkylation sites (N-methyl/N-ethyl adjacent to an activating group) is 1. The van der Waals surface area contributed by atoms with E-state index < -0.39 is 0 Å². The van der Waals surface area contributed by atoms with Gasteiger partial charge in [0.25, 0.3) is 0 Å². The molecular weight excluding hydrogens is 421 g/mol. The lowest BCUT2D eigenvalue weighted by Gasteiger charge is -2.35. The molecule has 0 N–H and O–H groups in total. The molecule has 3 aromatic rings. The van der Waals surface area contributed by atoms with E-state index in [-0.39, 0.29) is 24.3 Å². The summed E-state index contributed by atoms with van der Waals surface area (Å²) in [6.07, 6.45) is 5.17. The maximum atomic E-state index is 13.2. The first-order valence-electron chi connectivity index (χ1n) is 11.3. The maximum absolute atomic E-state index is 13.2. The fourth-order valence-electron chi connectivity index (χ4n) is 4.36. The van der Waals surface area contributed by atoms with Gasteiger partial charge in [-0.15, -0.1) is 0 Å². The average molecular weight is 452 g/mol. The summed E-state index contributed by atoms with van der Waals surface area (Å²) < 4.78 is 24.7. The zero-order valence-electron chi connectivity index (χ0n) is 19.2. The molecule has 0 radical (unpaired) electrons. The summed E-state index contributed by atoms with van der Waals surface area (Å²) in [6.45, 7) is 1.55. The van der Waals surface area contributed by atoms with Gasteiger partial charge in [-0.05, 0) is 50.1 Å². The summed E-state index contributed by atoms with van der Waals surface area (Å²) in [5, 5.41) is 0. The number of para-hydroxylation sites is 1. The van der Waals surface area contributed by atoms with Crippen molar-refractivity contribution in [2.24, 2.45) is 0 Å². The number of piperidine rings is 1. The second-order valence-corrected chi connectivity index (χ2v) is 8.55. The van der Waals surface area contributed by atoms with E-state index in [0.29, 0.717) is 25.4 Å². The number of nitrogens with zero attached hydrogens (tertiary/aromatic N) is 3. The number of halogens is 1. The normalized spacial score (nSPS) is 16.2. The van der Waals surface area contributed by atoms with Crippen molar-refractivity contribution in [3.8, 4) is 5.75 Å². The van der Waals surface area contributed by atoms with Crippen LogP contribution in [0.1, 0.15) is 48.1 Å². The predicted molar refractivity (Wildman–Crippen MR) is 123 cm³/mol. The molecule has 2 heterocycles. The molecule has 0 aliphatic carbocycles. The Labute approximate surface area is 194 Å². The molecule has 0 saturated carbocycles. The first kappa shape index (κ1) is 23.0. The number of carbonyl (C=O) groups excluding carboxylic acids is 1. The fraction of sp³-hybridized carbons (Fsp3) is 0.385. The van der Waals surface area contributed by atoms with Gasteiger partial charge in [-0.25, -0.2) is 9.37 Å². The van der Waals surface area contributed by atoms with E-state index in [9.17, 15) is 9.18 Å². The number of carbonyl (C=O) groups is 1. The molecular formula is C26H30FN3O3. The van der Waals surface area contributed by atoms with Crippen LogP contribution in [-0.4, -0.2) is 47.9 Å². The van der Waals surface area contributed by atoms with Gasteiger partial charge in [-0.2, -0.15) is 0 Å². The van der Waals surface area contributed by atoms with Crippen molar-refractivity contribution in [3.63, 3.8) is 0 Å². The number of hydrogen-bond acceptors (Lipinski definition) is 5. The highest BCUT2D eigenvalue weighted by Crippen LogP contribution is 2.31. The van der Waals surface area contributed by atoms with E-state index in [4.69, 9.17) is 9.15 Å². The Bertz CT molecular complexity index is 1070. The number of rotatable bonds is 8. The van der Waals surface area contributed by atoms with Crippen LogP contribution in [0.15, 0.2) is 59.1 Å². The van der Waals surface area contributed by atoms with E-state index in [1.165, 1.54) is 12.1 Å². The number of aromatic nitrogens is 1. The minimum Gasteiger partial charge on any atom is -0.496 e. The van der Waals surface area contributed by atoms with Crippen molar-refractivity contribution in [1.29, 1.82) is 0 Å². The lowest BCUT2D eigenvalue weighted by Crippen LogP contribution is -2.43. The molecule has 7 heteroatoms. The quantitative estimate of drug-likeness (QED) is 0.501. The molecule has 0 spiro atoms. The second kappa shape index (κ2) is 10.6. The van der Waals surface area contributed by atoms with Crippen LogP contribution in [0.5, 0.6) is 5.75 Å². The number of amides is 1. The van der Waals surface area contributed by atoms with Gasteiger partial charge >= 0.3 is 0 Å². The molecule has 1 saturated heterocycles. The van der Waals surface area contributed by atoms with Crippen LogP contribution in [0, 0.1) is 5.82 Å². The number of likely N-dealkylation sites (tertiary alicyclic amines) is 1. The number of hydrogen-bond donors (Lipinski definition) is 0. The highest BCUT2D eigenvalue weighted by molar-refractivity contribution is 5.78. The average Bonchev–Trinajstić information content (AvgIpc) is 3.29. The Kier molecular flexibility index (Phi) is 7.40. The minimum absolute atomic E-state index is 0.0498. The van der Waals surface area contributed by atoms with Crippen LogP contribution in [0.3, 0.4) is 0 Å². The van der Waals surface area contributed by atoms with Crippen LogP contribution in [0.4, 0.5) is 4.39 Å². The first-order valence-corrected chi connectivity index (χ1v) is 11.3. The Balaban J connectivity index is 1.41. The van der Waals surface area contributed by atoms with Gasteiger partial charge in [0.15, 0.2) is 0 Å². The van der Waals surface area contributed by atoms with Crippen molar-refractivity contribution < 1.29 is 18.3 Å². The molecule has 2 aromatic carbocycles. The Morgan fingerprint density at radius 1 is 1.21 bits per heavy atom. The summed E-state index contributed by atoms with van der Waals surface area (Å²) in [5.41, 5.74) is 2.00. The smallest absolute Gasteiger partial charge is 0.237 e. The lowest BCUT2D eigenvalue weighted by atomic mass is 10.0. The molecule has 1 atom stereocenters. The topological polar surface area (TPSA) is 58.8 Å². The van der Waals surface area contributed by atoms with Crippen molar-refractivity contribution >= 4 is 5.91 Å². The number of oxazole rings is 1. The Morgan fingerprint density at radius 2 is 2.00 bits per heavy atom. The minimum atomic E-state index is -0.260. The van der Waals surface area contributed by atoms with Crippen LogP contribution in [0.25, 0.3) is 0 Å². The number of methoxy groups -OCH3 is 1. The Hall–Kier alpha value is -3.19. The van der Waals surface area contributed by atoms with Crippen LogP contribution < -0.4 is 4.74 Å². The monoisotopic (exact) mass is 451 g/mol. The lowest BCUT2D eigenvalue weighted by molar-refractivity contribution is -0.136. The van der Waals surface area contributed by atoms with E-state index in [0.717, 1.165) is 41.9 Å². The summed E-state index contributed by atoms with van der Waals surface area (Å²) in [5.74, 6) is 1.95. The molecule has 174 valence electrons. The molecule has 1 aromatic heterocycles. The van der Waals surface area contributed by atoms with Crippen LogP contribution >= 0.6 is 0 Å². The van der Waals surface area contributed by atoms with Gasteiger partial charge in [0.2, 0.25) is 11.8 Å². The largest absolute Gasteiger partial charge is 0.496 e.